The fraction of sp³-hybridized carbons (Fsp3) is 1.00. The molecular formula is C17H40O2Si2. The summed E-state index contributed by atoms with van der Waals surface area (Å²) >= 11 is 0. The van der Waals surface area contributed by atoms with Gasteiger partial charge < -0.3 is 8.85 Å². The van der Waals surface area contributed by atoms with Crippen LogP contribution in [-0.4, -0.2) is 28.3 Å². The standard InChI is InChI=1S/C17H40O2Si2/c1-10-20(11-2,18-16(5)6)14-15-21(12-3,13-4)19-17(7,8)9/h16H,10-15H2,1-9H3. The highest BCUT2D eigenvalue weighted by Gasteiger charge is 2.40. The molecule has 0 saturated carbocycles. The Morgan fingerprint density at radius 1 is 0.762 bits per heavy atom. The molecule has 2 nitrogen and oxygen atoms in total. The van der Waals surface area contributed by atoms with Gasteiger partial charge in [0.15, 0.2) is 16.6 Å². The molecule has 0 radical (unpaired) electrons. The van der Waals surface area contributed by atoms with Crippen LogP contribution in [0.4, 0.5) is 0 Å². The summed E-state index contributed by atoms with van der Waals surface area (Å²) in [5, 5.41) is 0. The first-order valence-corrected chi connectivity index (χ1v) is 14.0. The molecule has 0 unspecified atom stereocenters. The Labute approximate surface area is 136 Å². The van der Waals surface area contributed by atoms with Gasteiger partial charge in [-0.2, -0.15) is 0 Å². The molecule has 0 saturated heterocycles. The Kier molecular flexibility index (Phi) is 9.00. The second-order valence-electron chi connectivity index (χ2n) is 7.66. The van der Waals surface area contributed by atoms with Gasteiger partial charge in [0.1, 0.15) is 0 Å². The maximum absolute atomic E-state index is 6.62. The summed E-state index contributed by atoms with van der Waals surface area (Å²) in [6.07, 6.45) is 0.361. The Hall–Kier alpha value is 0.354. The number of rotatable bonds is 10. The predicted molar refractivity (Wildman–Crippen MR) is 100 cm³/mol. The lowest BCUT2D eigenvalue weighted by molar-refractivity contribution is 0.116. The summed E-state index contributed by atoms with van der Waals surface area (Å²) in [5.41, 5.74) is -0.0141. The molecule has 0 aromatic heterocycles. The van der Waals surface area contributed by atoms with E-state index >= 15 is 0 Å². The van der Waals surface area contributed by atoms with Crippen molar-refractivity contribution in [1.29, 1.82) is 0 Å². The zero-order valence-corrected chi connectivity index (χ0v) is 18.1. The van der Waals surface area contributed by atoms with Gasteiger partial charge in [0.05, 0.1) is 0 Å². The van der Waals surface area contributed by atoms with E-state index in [9.17, 15) is 0 Å². The van der Waals surface area contributed by atoms with Crippen LogP contribution in [0.15, 0.2) is 0 Å². The highest BCUT2D eigenvalue weighted by atomic mass is 28.4. The minimum Gasteiger partial charge on any atom is -0.415 e. The van der Waals surface area contributed by atoms with E-state index in [-0.39, 0.29) is 5.60 Å². The number of hydrogen-bond acceptors (Lipinski definition) is 2. The smallest absolute Gasteiger partial charge is 0.192 e. The lowest BCUT2D eigenvalue weighted by Crippen LogP contribution is -2.47. The molecule has 0 aliphatic heterocycles. The van der Waals surface area contributed by atoms with E-state index < -0.39 is 16.6 Å². The zero-order chi connectivity index (χ0) is 16.7. The summed E-state index contributed by atoms with van der Waals surface area (Å²) < 4.78 is 13.1. The maximum atomic E-state index is 6.62. The predicted octanol–water partition coefficient (Wildman–Crippen LogP) is 6.20. The molecule has 0 aliphatic rings. The Bertz CT molecular complexity index is 277. The van der Waals surface area contributed by atoms with Crippen LogP contribution in [0.2, 0.25) is 36.3 Å². The van der Waals surface area contributed by atoms with E-state index in [2.05, 4.69) is 62.3 Å². The molecule has 21 heavy (non-hydrogen) atoms. The van der Waals surface area contributed by atoms with Gasteiger partial charge in [-0.15, -0.1) is 0 Å². The van der Waals surface area contributed by atoms with Crippen molar-refractivity contribution >= 4 is 16.6 Å². The highest BCUT2D eigenvalue weighted by molar-refractivity contribution is 6.79. The third kappa shape index (κ3) is 7.44. The van der Waals surface area contributed by atoms with Crippen LogP contribution in [-0.2, 0) is 8.85 Å². The van der Waals surface area contributed by atoms with Crippen LogP contribution >= 0.6 is 0 Å². The van der Waals surface area contributed by atoms with Gasteiger partial charge in [0, 0.05) is 11.7 Å². The minimum atomic E-state index is -1.62. The Morgan fingerprint density at radius 3 is 1.43 bits per heavy atom. The summed E-state index contributed by atoms with van der Waals surface area (Å²) in [5.74, 6) is 0. The summed E-state index contributed by atoms with van der Waals surface area (Å²) in [7, 11) is -3.19. The zero-order valence-electron chi connectivity index (χ0n) is 16.1. The molecule has 0 atom stereocenters. The first kappa shape index (κ1) is 21.4. The third-order valence-electron chi connectivity index (χ3n) is 4.62. The molecular weight excluding hydrogens is 292 g/mol. The van der Waals surface area contributed by atoms with Gasteiger partial charge in [-0.3, -0.25) is 0 Å². The normalized spacial score (nSPS) is 14.0. The van der Waals surface area contributed by atoms with Crippen molar-refractivity contribution in [3.63, 3.8) is 0 Å². The largest absolute Gasteiger partial charge is 0.415 e. The van der Waals surface area contributed by atoms with Crippen molar-refractivity contribution in [2.45, 2.75) is 110 Å². The maximum Gasteiger partial charge on any atom is 0.192 e. The second-order valence-corrected chi connectivity index (χ2v) is 16.7. The van der Waals surface area contributed by atoms with Gasteiger partial charge >= 0.3 is 0 Å². The van der Waals surface area contributed by atoms with E-state index in [0.29, 0.717) is 6.10 Å². The molecule has 4 heteroatoms. The summed E-state index contributed by atoms with van der Waals surface area (Å²) in [6, 6.07) is 7.46. The lowest BCUT2D eigenvalue weighted by Gasteiger charge is -2.40. The molecule has 0 bridgehead atoms. The van der Waals surface area contributed by atoms with Gasteiger partial charge in [-0.25, -0.2) is 0 Å². The highest BCUT2D eigenvalue weighted by Crippen LogP contribution is 2.34. The SMILES string of the molecule is CC[Si](CC)(CC[Si](CC)(CC)OC(C)(C)C)OC(C)C. The molecule has 0 fully saturated rings. The molecule has 0 heterocycles. The Balaban J connectivity index is 5.00. The van der Waals surface area contributed by atoms with Crippen LogP contribution < -0.4 is 0 Å². The van der Waals surface area contributed by atoms with Crippen LogP contribution in [0.5, 0.6) is 0 Å². The molecule has 0 aliphatic carbocycles. The monoisotopic (exact) mass is 332 g/mol. The first-order chi connectivity index (χ1) is 9.57. The molecule has 0 N–H and O–H groups in total. The van der Waals surface area contributed by atoms with Crippen molar-refractivity contribution in [2.75, 3.05) is 0 Å². The molecule has 0 spiro atoms. The van der Waals surface area contributed by atoms with Gasteiger partial charge in [0.25, 0.3) is 0 Å². The van der Waals surface area contributed by atoms with Gasteiger partial charge in [0.2, 0.25) is 0 Å². The minimum absolute atomic E-state index is 0.0141. The fourth-order valence-electron chi connectivity index (χ4n) is 3.23. The van der Waals surface area contributed by atoms with Crippen LogP contribution in [0.3, 0.4) is 0 Å². The van der Waals surface area contributed by atoms with Gasteiger partial charge in [-0.1, -0.05) is 27.7 Å². The molecule has 0 rings (SSSR count). The average Bonchev–Trinajstić information content (AvgIpc) is 2.40. The average molecular weight is 333 g/mol. The topological polar surface area (TPSA) is 18.5 Å². The number of hydrogen-bond donors (Lipinski definition) is 0. The van der Waals surface area contributed by atoms with Crippen molar-refractivity contribution in [3.05, 3.63) is 0 Å². The van der Waals surface area contributed by atoms with Crippen molar-refractivity contribution in [1.82, 2.24) is 0 Å². The second kappa shape index (κ2) is 8.85. The van der Waals surface area contributed by atoms with E-state index in [1.807, 2.05) is 0 Å². The van der Waals surface area contributed by atoms with Crippen molar-refractivity contribution < 1.29 is 8.85 Å². The van der Waals surface area contributed by atoms with Crippen molar-refractivity contribution in [3.8, 4) is 0 Å². The molecule has 128 valence electrons. The molecule has 0 aromatic rings. The van der Waals surface area contributed by atoms with Crippen LogP contribution in [0.25, 0.3) is 0 Å². The summed E-state index contributed by atoms with van der Waals surface area (Å²) in [6.45, 7) is 20.3. The fourth-order valence-corrected chi connectivity index (χ4v) is 12.4. The van der Waals surface area contributed by atoms with E-state index in [1.54, 1.807) is 0 Å². The van der Waals surface area contributed by atoms with Crippen molar-refractivity contribution in [2.24, 2.45) is 0 Å². The van der Waals surface area contributed by atoms with E-state index in [1.165, 1.54) is 36.3 Å². The van der Waals surface area contributed by atoms with Crippen LogP contribution in [0, 0.1) is 0 Å². The molecule has 0 aromatic carbocycles. The quantitative estimate of drug-likeness (QED) is 0.444. The van der Waals surface area contributed by atoms with Crippen LogP contribution in [0.1, 0.15) is 62.3 Å². The third-order valence-corrected chi connectivity index (χ3v) is 14.6. The van der Waals surface area contributed by atoms with E-state index in [4.69, 9.17) is 8.85 Å². The molecule has 0 amide bonds. The summed E-state index contributed by atoms with van der Waals surface area (Å²) in [4.78, 5) is 0. The first-order valence-electron chi connectivity index (χ1n) is 8.95. The Morgan fingerprint density at radius 2 is 1.14 bits per heavy atom. The van der Waals surface area contributed by atoms with E-state index in [0.717, 1.165) is 0 Å². The lowest BCUT2D eigenvalue weighted by atomic mass is 10.2. The van der Waals surface area contributed by atoms with Gasteiger partial charge in [-0.05, 0) is 70.9 Å².